The van der Waals surface area contributed by atoms with Gasteiger partial charge in [0.05, 0.1) is 11.6 Å². The number of carbonyl (C=O) groups is 3. The van der Waals surface area contributed by atoms with E-state index in [1.807, 2.05) is 25.1 Å². The lowest BCUT2D eigenvalue weighted by Crippen LogP contribution is -2.65. The predicted octanol–water partition coefficient (Wildman–Crippen LogP) is 1.04. The molecule has 0 aliphatic heterocycles. The van der Waals surface area contributed by atoms with Crippen LogP contribution in [0, 0.1) is 11.8 Å². The second kappa shape index (κ2) is 9.89. The van der Waals surface area contributed by atoms with Crippen LogP contribution >= 0.6 is 0 Å². The van der Waals surface area contributed by atoms with Crippen molar-refractivity contribution in [1.29, 1.82) is 0 Å². The Morgan fingerprint density at radius 2 is 1.88 bits per heavy atom. The minimum atomic E-state index is -2.68. The maximum absolute atomic E-state index is 14.1. The van der Waals surface area contributed by atoms with Crippen LogP contribution in [0.4, 0.5) is 11.5 Å². The minimum Gasteiger partial charge on any atom is -0.508 e. The Balaban J connectivity index is 1.68. The van der Waals surface area contributed by atoms with Crippen molar-refractivity contribution < 1.29 is 34.8 Å². The molecule has 1 saturated carbocycles. The molecule has 3 aliphatic rings. The molecule has 7 N–H and O–H groups in total. The van der Waals surface area contributed by atoms with E-state index in [0.717, 1.165) is 0 Å². The molecular weight excluding hydrogens is 530 g/mol. The normalized spacial score (nSPS) is 25.6. The Morgan fingerprint density at radius 1 is 1.17 bits per heavy atom. The number of phenols is 1. The van der Waals surface area contributed by atoms with Gasteiger partial charge < -0.3 is 36.4 Å². The van der Waals surface area contributed by atoms with E-state index in [-0.39, 0.29) is 36.3 Å². The number of pyridine rings is 1. The Kier molecular flexibility index (Phi) is 6.79. The van der Waals surface area contributed by atoms with Crippen LogP contribution in [0.3, 0.4) is 0 Å². The number of rotatable bonds is 6. The van der Waals surface area contributed by atoms with Crippen LogP contribution in [0.25, 0.3) is 5.76 Å². The Morgan fingerprint density at radius 3 is 2.46 bits per heavy atom. The number of aromatic nitrogens is 1. The van der Waals surface area contributed by atoms with E-state index in [4.69, 9.17) is 5.73 Å². The molecule has 0 unspecified atom stereocenters. The fourth-order valence-corrected chi connectivity index (χ4v) is 6.53. The van der Waals surface area contributed by atoms with Gasteiger partial charge in [0, 0.05) is 49.6 Å². The summed E-state index contributed by atoms with van der Waals surface area (Å²) in [5.74, 6) is -6.18. The number of nitrogens with zero attached hydrogens (tertiary/aromatic N) is 3. The number of amides is 1. The number of Topliss-reactive ketones (excluding diaryl/α,β-unsaturated/α-hetero) is 2. The number of carbonyl (C=O) groups excluding carboxylic acids is 3. The number of anilines is 2. The second-order valence-corrected chi connectivity index (χ2v) is 11.2. The van der Waals surface area contributed by atoms with Gasteiger partial charge in [-0.2, -0.15) is 0 Å². The molecule has 0 saturated heterocycles. The monoisotopic (exact) mass is 563 g/mol. The molecule has 12 nitrogen and oxygen atoms in total. The fourth-order valence-electron chi connectivity index (χ4n) is 6.53. The van der Waals surface area contributed by atoms with Crippen molar-refractivity contribution >= 4 is 34.7 Å². The molecule has 216 valence electrons. The van der Waals surface area contributed by atoms with Gasteiger partial charge in [-0.3, -0.25) is 19.3 Å². The summed E-state index contributed by atoms with van der Waals surface area (Å²) in [4.78, 5) is 47.0. The summed E-state index contributed by atoms with van der Waals surface area (Å²) in [6.07, 6.45) is 1.86. The van der Waals surface area contributed by atoms with E-state index in [1.165, 1.54) is 4.90 Å². The Hall–Kier alpha value is -4.42. The summed E-state index contributed by atoms with van der Waals surface area (Å²) in [5.41, 5.74) is 3.45. The zero-order chi connectivity index (χ0) is 30.0. The van der Waals surface area contributed by atoms with Crippen LogP contribution in [-0.4, -0.2) is 87.6 Å². The fraction of sp³-hybridized carbons (Fsp3) is 0.379. The topological polar surface area (TPSA) is 190 Å². The van der Waals surface area contributed by atoms with Gasteiger partial charge in [0.15, 0.2) is 11.4 Å². The van der Waals surface area contributed by atoms with E-state index < -0.39 is 58.0 Å². The first-order chi connectivity index (χ1) is 19.3. The number of benzene rings is 1. The first-order valence-corrected chi connectivity index (χ1v) is 13.1. The van der Waals surface area contributed by atoms with Crippen molar-refractivity contribution in [2.75, 3.05) is 38.4 Å². The Labute approximate surface area is 236 Å². The number of aliphatic hydroxyl groups excluding tert-OH is 2. The number of aromatic hydroxyl groups is 1. The summed E-state index contributed by atoms with van der Waals surface area (Å²) in [6.45, 7) is 0.154. The number of hydrogen-bond acceptors (Lipinski definition) is 11. The number of ketones is 2. The van der Waals surface area contributed by atoms with Crippen molar-refractivity contribution in [2.45, 2.75) is 31.0 Å². The van der Waals surface area contributed by atoms with Crippen molar-refractivity contribution in [1.82, 2.24) is 9.88 Å². The molecule has 1 heterocycles. The van der Waals surface area contributed by atoms with Gasteiger partial charge in [-0.25, -0.2) is 4.98 Å². The van der Waals surface area contributed by atoms with Gasteiger partial charge in [-0.1, -0.05) is 6.07 Å². The smallest absolute Gasteiger partial charge is 0.255 e. The largest absolute Gasteiger partial charge is 0.508 e. The third-order valence-electron chi connectivity index (χ3n) is 8.38. The highest BCUT2D eigenvalue weighted by Gasteiger charge is 2.64. The highest BCUT2D eigenvalue weighted by molar-refractivity contribution is 6.24. The highest BCUT2D eigenvalue weighted by Crippen LogP contribution is 2.54. The van der Waals surface area contributed by atoms with Gasteiger partial charge >= 0.3 is 0 Å². The standard InChI is InChI=1S/C29H33N5O7/c1-33(2)17-11-14(12-32-18-7-5-6-8-31-18)23(35)20-15(17)9-13-10-16-22(34(3)4)25(37)21(28(30)40)27(39)29(16,41)26(38)19(13)24(20)36/h5-8,11,13,16,22,35-36,39,41H,9-10,12H2,1-4H3,(H2,30,40)(H,31,32)/t13-,16-,22-,29-/m0/s1. The first kappa shape index (κ1) is 28.1. The maximum Gasteiger partial charge on any atom is 0.255 e. The molecule has 5 rings (SSSR count). The number of primary amides is 1. The third-order valence-corrected chi connectivity index (χ3v) is 8.38. The average Bonchev–Trinajstić information content (AvgIpc) is 2.90. The quantitative estimate of drug-likeness (QED) is 0.275. The van der Waals surface area contributed by atoms with Crippen molar-refractivity contribution in [2.24, 2.45) is 17.6 Å². The van der Waals surface area contributed by atoms with Gasteiger partial charge in [-0.15, -0.1) is 0 Å². The molecule has 4 atom stereocenters. The van der Waals surface area contributed by atoms with Crippen LogP contribution < -0.4 is 16.0 Å². The molecule has 2 aromatic rings. The molecule has 1 aromatic heterocycles. The zero-order valence-corrected chi connectivity index (χ0v) is 23.2. The van der Waals surface area contributed by atoms with Crippen molar-refractivity contribution in [3.63, 3.8) is 0 Å². The summed E-state index contributed by atoms with van der Waals surface area (Å²) in [7, 11) is 6.77. The molecule has 0 spiro atoms. The lowest BCUT2D eigenvalue weighted by atomic mass is 9.57. The van der Waals surface area contributed by atoms with Crippen molar-refractivity contribution in [3.8, 4) is 5.75 Å². The molecule has 41 heavy (non-hydrogen) atoms. The minimum absolute atomic E-state index is 0.0301. The summed E-state index contributed by atoms with van der Waals surface area (Å²) < 4.78 is 0. The Bertz CT molecular complexity index is 1530. The molecule has 3 aliphatic carbocycles. The van der Waals surface area contributed by atoms with Gasteiger partial charge in [0.25, 0.3) is 5.91 Å². The molecular formula is C29H33N5O7. The van der Waals surface area contributed by atoms with Crippen LogP contribution in [0.15, 0.2) is 47.4 Å². The number of aliphatic hydroxyl groups is 3. The number of likely N-dealkylation sites (N-methyl/N-ethyl adjacent to an activating group) is 1. The highest BCUT2D eigenvalue weighted by atomic mass is 16.3. The zero-order valence-electron chi connectivity index (χ0n) is 23.2. The van der Waals surface area contributed by atoms with Crippen LogP contribution in [0.1, 0.15) is 23.1 Å². The van der Waals surface area contributed by atoms with Crippen LogP contribution in [-0.2, 0) is 27.3 Å². The molecule has 0 radical (unpaired) electrons. The lowest BCUT2D eigenvalue weighted by molar-refractivity contribution is -0.153. The number of phenolic OH excluding ortho intramolecular Hbond substituents is 1. The predicted molar refractivity (Wildman–Crippen MR) is 150 cm³/mol. The van der Waals surface area contributed by atoms with Gasteiger partial charge in [-0.05, 0) is 56.6 Å². The van der Waals surface area contributed by atoms with Gasteiger partial charge in [0.2, 0.25) is 5.78 Å². The summed E-state index contributed by atoms with van der Waals surface area (Å²) >= 11 is 0. The molecule has 1 fully saturated rings. The number of nitrogens with one attached hydrogen (secondary N) is 1. The first-order valence-electron chi connectivity index (χ1n) is 13.1. The summed E-state index contributed by atoms with van der Waals surface area (Å²) in [5, 5.41) is 48.9. The molecule has 0 bridgehead atoms. The second-order valence-electron chi connectivity index (χ2n) is 11.2. The molecule has 12 heteroatoms. The van der Waals surface area contributed by atoms with Crippen molar-refractivity contribution in [3.05, 3.63) is 64.1 Å². The number of hydrogen-bond donors (Lipinski definition) is 6. The third kappa shape index (κ3) is 4.13. The van der Waals surface area contributed by atoms with E-state index in [0.29, 0.717) is 22.6 Å². The van der Waals surface area contributed by atoms with E-state index in [2.05, 4.69) is 10.3 Å². The van der Waals surface area contributed by atoms with E-state index in [9.17, 15) is 34.8 Å². The molecule has 1 aromatic carbocycles. The maximum atomic E-state index is 14.1. The molecule has 1 amide bonds. The average molecular weight is 564 g/mol. The van der Waals surface area contributed by atoms with E-state index >= 15 is 0 Å². The lowest BCUT2D eigenvalue weighted by Gasteiger charge is -2.50. The SMILES string of the molecule is CN(C)c1cc(CNc2ccccn2)c(O)c2c1C[C@H]1C[C@H]3[C@H](N(C)C)C(=O)C(C(N)=O)=C(O)[C@@]3(O)C(=O)C1=C2O. The van der Waals surface area contributed by atoms with Crippen LogP contribution in [0.5, 0.6) is 5.75 Å². The van der Waals surface area contributed by atoms with E-state index in [1.54, 1.807) is 38.5 Å². The number of fused-ring (bicyclic) bond motifs is 3. The van der Waals surface area contributed by atoms with Gasteiger partial charge in [0.1, 0.15) is 28.7 Å². The number of nitrogens with two attached hydrogens (primary N) is 1. The van der Waals surface area contributed by atoms with Crippen LogP contribution in [0.2, 0.25) is 0 Å². The summed E-state index contributed by atoms with van der Waals surface area (Å²) in [6, 6.07) is 6.01.